The van der Waals surface area contributed by atoms with Crippen molar-refractivity contribution in [3.05, 3.63) is 24.0 Å². The number of aromatic nitrogens is 1. The highest BCUT2D eigenvalue weighted by Crippen LogP contribution is 2.34. The van der Waals surface area contributed by atoms with Crippen molar-refractivity contribution < 1.29 is 4.74 Å². The molecular weight excluding hydrogens is 236 g/mol. The first-order valence-electron chi connectivity index (χ1n) is 7.60. The Kier molecular flexibility index (Phi) is 5.64. The van der Waals surface area contributed by atoms with Crippen LogP contribution in [0.1, 0.15) is 57.1 Å². The van der Waals surface area contributed by atoms with Crippen LogP contribution >= 0.6 is 0 Å². The van der Waals surface area contributed by atoms with Gasteiger partial charge in [-0.15, -0.1) is 0 Å². The van der Waals surface area contributed by atoms with Crippen LogP contribution in [0.2, 0.25) is 0 Å². The maximum atomic E-state index is 5.69. The van der Waals surface area contributed by atoms with Crippen molar-refractivity contribution >= 4 is 0 Å². The Labute approximate surface area is 116 Å². The molecule has 0 amide bonds. The third-order valence-corrected chi connectivity index (χ3v) is 4.00. The van der Waals surface area contributed by atoms with Crippen molar-refractivity contribution in [1.29, 1.82) is 0 Å². The van der Waals surface area contributed by atoms with E-state index in [1.165, 1.54) is 37.7 Å². The summed E-state index contributed by atoms with van der Waals surface area (Å²) in [6, 6.07) is 2.57. The fourth-order valence-electron chi connectivity index (χ4n) is 3.05. The van der Waals surface area contributed by atoms with Gasteiger partial charge in [-0.25, -0.2) is 0 Å². The summed E-state index contributed by atoms with van der Waals surface area (Å²) in [4.78, 5) is 4.34. The minimum absolute atomic E-state index is 0.415. The second kappa shape index (κ2) is 7.49. The molecule has 0 bridgehead atoms. The zero-order valence-electron chi connectivity index (χ0n) is 12.2. The van der Waals surface area contributed by atoms with Crippen molar-refractivity contribution in [2.45, 2.75) is 51.5 Å². The molecule has 2 rings (SSSR count). The van der Waals surface area contributed by atoms with E-state index < -0.39 is 0 Å². The molecule has 0 aromatic carbocycles. The Morgan fingerprint density at radius 1 is 1.32 bits per heavy atom. The number of nitrogens with zero attached hydrogens (tertiary/aromatic N) is 1. The van der Waals surface area contributed by atoms with Crippen molar-refractivity contribution in [2.24, 2.45) is 5.92 Å². The van der Waals surface area contributed by atoms with E-state index in [1.54, 1.807) is 0 Å². The van der Waals surface area contributed by atoms with E-state index in [2.05, 4.69) is 30.3 Å². The summed E-state index contributed by atoms with van der Waals surface area (Å²) in [6.45, 7) is 2.88. The summed E-state index contributed by atoms with van der Waals surface area (Å²) in [6.07, 6.45) is 11.6. The lowest BCUT2D eigenvalue weighted by molar-refractivity contribution is 0.279. The molecule has 1 aromatic rings. The minimum Gasteiger partial charge on any atom is -0.492 e. The molecule has 1 aromatic heterocycles. The minimum atomic E-state index is 0.415. The summed E-state index contributed by atoms with van der Waals surface area (Å²) >= 11 is 0. The lowest BCUT2D eigenvalue weighted by Gasteiger charge is -2.30. The molecule has 0 saturated heterocycles. The van der Waals surface area contributed by atoms with E-state index in [-0.39, 0.29) is 0 Å². The number of hydrogen-bond donors (Lipinski definition) is 1. The third kappa shape index (κ3) is 3.93. The van der Waals surface area contributed by atoms with Crippen molar-refractivity contribution in [3.8, 4) is 5.75 Å². The fraction of sp³-hybridized carbons (Fsp3) is 0.688. The molecule has 1 saturated carbocycles. The highest BCUT2D eigenvalue weighted by Gasteiger charge is 2.24. The van der Waals surface area contributed by atoms with E-state index in [4.69, 9.17) is 4.74 Å². The zero-order valence-corrected chi connectivity index (χ0v) is 12.2. The maximum Gasteiger partial charge on any atom is 0.137 e. The van der Waals surface area contributed by atoms with Crippen molar-refractivity contribution in [2.75, 3.05) is 13.7 Å². The molecular formula is C16H26N2O. The van der Waals surface area contributed by atoms with Crippen LogP contribution in [-0.2, 0) is 0 Å². The molecule has 0 aliphatic heterocycles. The predicted molar refractivity (Wildman–Crippen MR) is 78.4 cm³/mol. The molecule has 19 heavy (non-hydrogen) atoms. The SMILES string of the molecule is CCCOc1cncc(C(NC)C2CCCCC2)c1. The van der Waals surface area contributed by atoms with Gasteiger partial charge < -0.3 is 10.1 Å². The molecule has 1 unspecified atom stereocenters. The lowest BCUT2D eigenvalue weighted by atomic mass is 9.81. The quantitative estimate of drug-likeness (QED) is 0.848. The van der Waals surface area contributed by atoms with E-state index in [1.807, 2.05) is 12.4 Å². The van der Waals surface area contributed by atoms with Crippen LogP contribution in [0.15, 0.2) is 18.5 Å². The van der Waals surface area contributed by atoms with Crippen LogP contribution in [0.4, 0.5) is 0 Å². The summed E-state index contributed by atoms with van der Waals surface area (Å²) in [5, 5.41) is 3.48. The van der Waals surface area contributed by atoms with Gasteiger partial charge in [0.25, 0.3) is 0 Å². The molecule has 106 valence electrons. The van der Waals surface area contributed by atoms with Crippen LogP contribution in [0, 0.1) is 5.92 Å². The average molecular weight is 262 g/mol. The Balaban J connectivity index is 2.08. The predicted octanol–water partition coefficient (Wildman–Crippen LogP) is 3.71. The number of nitrogens with one attached hydrogen (secondary N) is 1. The molecule has 1 fully saturated rings. The van der Waals surface area contributed by atoms with E-state index in [0.717, 1.165) is 24.7 Å². The summed E-state index contributed by atoms with van der Waals surface area (Å²) in [5.41, 5.74) is 1.27. The van der Waals surface area contributed by atoms with Gasteiger partial charge in [-0.3, -0.25) is 4.98 Å². The van der Waals surface area contributed by atoms with E-state index in [9.17, 15) is 0 Å². The number of rotatable bonds is 6. The molecule has 0 radical (unpaired) electrons. The second-order valence-electron chi connectivity index (χ2n) is 5.47. The molecule has 1 aliphatic carbocycles. The monoisotopic (exact) mass is 262 g/mol. The topological polar surface area (TPSA) is 34.1 Å². The summed E-state index contributed by atoms with van der Waals surface area (Å²) in [7, 11) is 2.05. The molecule has 3 heteroatoms. The Morgan fingerprint density at radius 2 is 2.11 bits per heavy atom. The van der Waals surface area contributed by atoms with Crippen molar-refractivity contribution in [1.82, 2.24) is 10.3 Å². The maximum absolute atomic E-state index is 5.69. The van der Waals surface area contributed by atoms with Gasteiger partial charge in [0.05, 0.1) is 12.8 Å². The van der Waals surface area contributed by atoms with E-state index >= 15 is 0 Å². The van der Waals surface area contributed by atoms with Crippen LogP contribution < -0.4 is 10.1 Å². The third-order valence-electron chi connectivity index (χ3n) is 4.00. The number of ether oxygens (including phenoxy) is 1. The second-order valence-corrected chi connectivity index (χ2v) is 5.47. The molecule has 3 nitrogen and oxygen atoms in total. The lowest BCUT2D eigenvalue weighted by Crippen LogP contribution is -2.27. The van der Waals surface area contributed by atoms with Gasteiger partial charge in [-0.1, -0.05) is 26.2 Å². The summed E-state index contributed by atoms with van der Waals surface area (Å²) < 4.78 is 5.69. The molecule has 1 heterocycles. The van der Waals surface area contributed by atoms with Gasteiger partial charge >= 0.3 is 0 Å². The Morgan fingerprint density at radius 3 is 2.79 bits per heavy atom. The molecule has 1 aliphatic rings. The molecule has 1 atom stereocenters. The standard InChI is InChI=1S/C16H26N2O/c1-3-9-19-15-10-14(11-18-12-15)16(17-2)13-7-5-4-6-8-13/h10-13,16-17H,3-9H2,1-2H3. The zero-order chi connectivity index (χ0) is 13.5. The normalized spacial score (nSPS) is 18.2. The van der Waals surface area contributed by atoms with Crippen molar-refractivity contribution in [3.63, 3.8) is 0 Å². The number of hydrogen-bond acceptors (Lipinski definition) is 3. The van der Waals surface area contributed by atoms with Gasteiger partial charge in [0.2, 0.25) is 0 Å². The Bertz CT molecular complexity index is 375. The van der Waals surface area contributed by atoms with E-state index in [0.29, 0.717) is 6.04 Å². The van der Waals surface area contributed by atoms with Gasteiger partial charge in [0.15, 0.2) is 0 Å². The fourth-order valence-corrected chi connectivity index (χ4v) is 3.05. The largest absolute Gasteiger partial charge is 0.492 e. The first kappa shape index (κ1) is 14.3. The van der Waals surface area contributed by atoms with Gasteiger partial charge in [-0.2, -0.15) is 0 Å². The average Bonchev–Trinajstić information content (AvgIpc) is 2.47. The molecule has 0 spiro atoms. The first-order valence-corrected chi connectivity index (χ1v) is 7.60. The highest BCUT2D eigenvalue weighted by molar-refractivity contribution is 5.26. The van der Waals surface area contributed by atoms with Crippen LogP contribution in [0.3, 0.4) is 0 Å². The van der Waals surface area contributed by atoms with Gasteiger partial charge in [-0.05, 0) is 43.9 Å². The Hall–Kier alpha value is -1.09. The van der Waals surface area contributed by atoms with Crippen LogP contribution in [-0.4, -0.2) is 18.6 Å². The highest BCUT2D eigenvalue weighted by atomic mass is 16.5. The van der Waals surface area contributed by atoms with Crippen LogP contribution in [0.25, 0.3) is 0 Å². The van der Waals surface area contributed by atoms with Gasteiger partial charge in [0.1, 0.15) is 5.75 Å². The number of pyridine rings is 1. The van der Waals surface area contributed by atoms with Crippen LogP contribution in [0.5, 0.6) is 5.75 Å². The summed E-state index contributed by atoms with van der Waals surface area (Å²) in [5.74, 6) is 1.64. The molecule has 1 N–H and O–H groups in total. The first-order chi connectivity index (χ1) is 9.35. The van der Waals surface area contributed by atoms with Gasteiger partial charge in [0, 0.05) is 12.2 Å². The smallest absolute Gasteiger partial charge is 0.137 e.